The molecule has 3 aliphatic rings. The van der Waals surface area contributed by atoms with E-state index in [4.69, 9.17) is 4.74 Å². The Balaban J connectivity index is 1.34. The summed E-state index contributed by atoms with van der Waals surface area (Å²) in [5, 5.41) is 2.98. The second-order valence-corrected chi connectivity index (χ2v) is 9.43. The molecule has 0 radical (unpaired) electrons. The number of hydrogen-bond acceptors (Lipinski definition) is 5. The van der Waals surface area contributed by atoms with Gasteiger partial charge in [-0.15, -0.1) is 0 Å². The number of hydrogen-bond donors (Lipinski definition) is 1. The van der Waals surface area contributed by atoms with Crippen LogP contribution in [0.2, 0.25) is 0 Å². The van der Waals surface area contributed by atoms with Crippen molar-refractivity contribution in [3.05, 3.63) is 65.7 Å². The van der Waals surface area contributed by atoms with E-state index in [1.807, 2.05) is 0 Å². The third-order valence-electron chi connectivity index (χ3n) is 7.37. The lowest BCUT2D eigenvalue weighted by Gasteiger charge is -2.40. The van der Waals surface area contributed by atoms with E-state index in [1.165, 1.54) is 11.0 Å². The number of ether oxygens (including phenoxy) is 1. The Morgan fingerprint density at radius 2 is 1.89 bits per heavy atom. The normalized spacial score (nSPS) is 25.2. The van der Waals surface area contributed by atoms with Crippen molar-refractivity contribution in [2.45, 2.75) is 43.7 Å². The van der Waals surface area contributed by atoms with Gasteiger partial charge < -0.3 is 15.0 Å². The van der Waals surface area contributed by atoms with Crippen LogP contribution in [0, 0.1) is 11.7 Å². The summed E-state index contributed by atoms with van der Waals surface area (Å²) in [7, 11) is 0. The Morgan fingerprint density at radius 1 is 1.11 bits per heavy atom. The largest absolute Gasteiger partial charge is 0.376 e. The molecule has 0 saturated carbocycles. The third kappa shape index (κ3) is 4.40. The molecule has 8 nitrogen and oxygen atoms in total. The molecule has 2 aromatic rings. The number of imide groups is 1. The molecule has 5 rings (SSSR count). The molecule has 9 heteroatoms. The molecule has 35 heavy (non-hydrogen) atoms. The number of benzene rings is 1. The quantitative estimate of drug-likeness (QED) is 0.642. The first kappa shape index (κ1) is 23.4. The van der Waals surface area contributed by atoms with Crippen LogP contribution in [0.4, 0.5) is 9.18 Å². The molecule has 0 unspecified atom stereocenters. The number of amides is 4. The zero-order valence-corrected chi connectivity index (χ0v) is 19.5. The smallest absolute Gasteiger partial charge is 0.325 e. The first-order valence-corrected chi connectivity index (χ1v) is 12.2. The average Bonchev–Trinajstić information content (AvgIpc) is 3.49. The van der Waals surface area contributed by atoms with Gasteiger partial charge in [0.1, 0.15) is 5.82 Å². The number of halogens is 1. The van der Waals surface area contributed by atoms with Gasteiger partial charge in [-0.2, -0.15) is 0 Å². The highest BCUT2D eigenvalue weighted by Gasteiger charge is 2.58. The third-order valence-corrected chi connectivity index (χ3v) is 7.37. The highest BCUT2D eigenvalue weighted by atomic mass is 19.1. The van der Waals surface area contributed by atoms with E-state index in [1.54, 1.807) is 47.5 Å². The molecule has 0 bridgehead atoms. The SMILES string of the molecule is O=C(Cc1ccccc1F)N1CCC([C@]2(c3ccccn3)NC(=O)N(C[C@H]3CCCO3)C2=O)CC1. The van der Waals surface area contributed by atoms with Crippen LogP contribution in [0.15, 0.2) is 48.7 Å². The van der Waals surface area contributed by atoms with E-state index >= 15 is 0 Å². The van der Waals surface area contributed by atoms with Gasteiger partial charge in [-0.3, -0.25) is 19.5 Å². The number of piperidine rings is 1. The monoisotopic (exact) mass is 480 g/mol. The van der Waals surface area contributed by atoms with Gasteiger partial charge in [0, 0.05) is 31.8 Å². The Morgan fingerprint density at radius 3 is 2.57 bits per heavy atom. The van der Waals surface area contributed by atoms with Crippen LogP contribution in [0.5, 0.6) is 0 Å². The molecular formula is C26H29FN4O4. The molecule has 3 saturated heterocycles. The van der Waals surface area contributed by atoms with E-state index < -0.39 is 17.4 Å². The summed E-state index contributed by atoms with van der Waals surface area (Å²) in [6.07, 6.45) is 4.22. The highest BCUT2D eigenvalue weighted by Crippen LogP contribution is 2.41. The summed E-state index contributed by atoms with van der Waals surface area (Å²) in [6.45, 7) is 1.70. The molecule has 4 heterocycles. The molecule has 0 aliphatic carbocycles. The van der Waals surface area contributed by atoms with Gasteiger partial charge >= 0.3 is 6.03 Å². The van der Waals surface area contributed by atoms with Crippen LogP contribution < -0.4 is 5.32 Å². The van der Waals surface area contributed by atoms with Gasteiger partial charge in [-0.1, -0.05) is 24.3 Å². The average molecular weight is 481 g/mol. The van der Waals surface area contributed by atoms with E-state index in [9.17, 15) is 18.8 Å². The van der Waals surface area contributed by atoms with Crippen molar-refractivity contribution >= 4 is 17.8 Å². The van der Waals surface area contributed by atoms with Crippen molar-refractivity contribution in [2.24, 2.45) is 5.92 Å². The topological polar surface area (TPSA) is 91.8 Å². The zero-order valence-electron chi connectivity index (χ0n) is 19.5. The summed E-state index contributed by atoms with van der Waals surface area (Å²) in [6, 6.07) is 11.2. The van der Waals surface area contributed by atoms with E-state index in [0.29, 0.717) is 43.8 Å². The maximum atomic E-state index is 14.0. The molecule has 3 fully saturated rings. The van der Waals surface area contributed by atoms with E-state index in [2.05, 4.69) is 10.3 Å². The summed E-state index contributed by atoms with van der Waals surface area (Å²) in [5.41, 5.74) is -0.408. The molecule has 4 amide bonds. The molecule has 3 aliphatic heterocycles. The van der Waals surface area contributed by atoms with Crippen LogP contribution in [0.3, 0.4) is 0 Å². The molecule has 1 N–H and O–H groups in total. The second-order valence-electron chi connectivity index (χ2n) is 9.43. The molecular weight excluding hydrogens is 451 g/mol. The van der Waals surface area contributed by atoms with Crippen molar-refractivity contribution in [1.82, 2.24) is 20.1 Å². The number of carbonyl (C=O) groups is 3. The van der Waals surface area contributed by atoms with Crippen LogP contribution in [-0.2, 0) is 26.3 Å². The van der Waals surface area contributed by atoms with Crippen molar-refractivity contribution in [1.29, 1.82) is 0 Å². The first-order chi connectivity index (χ1) is 17.0. The minimum Gasteiger partial charge on any atom is -0.376 e. The van der Waals surface area contributed by atoms with Gasteiger partial charge in [0.15, 0.2) is 5.54 Å². The van der Waals surface area contributed by atoms with Crippen molar-refractivity contribution < 1.29 is 23.5 Å². The van der Waals surface area contributed by atoms with Crippen molar-refractivity contribution in [2.75, 3.05) is 26.2 Å². The number of aromatic nitrogens is 1. The first-order valence-electron chi connectivity index (χ1n) is 12.2. The Bertz CT molecular complexity index is 1100. The number of nitrogens with one attached hydrogen (secondary N) is 1. The molecule has 1 aromatic carbocycles. The van der Waals surface area contributed by atoms with Crippen LogP contribution >= 0.6 is 0 Å². The fraction of sp³-hybridized carbons (Fsp3) is 0.462. The standard InChI is InChI=1S/C26H29FN4O4/c27-21-8-2-1-6-18(21)16-23(32)30-13-10-19(11-14-30)26(22-9-3-4-12-28-22)24(33)31(25(34)29-26)17-20-7-5-15-35-20/h1-4,6,8-9,12,19-20H,5,7,10-11,13-17H2,(H,29,34)/t20-,26-/m1/s1. The fourth-order valence-corrected chi connectivity index (χ4v) is 5.49. The Hall–Kier alpha value is -3.33. The molecule has 1 aromatic heterocycles. The Labute approximate surface area is 203 Å². The lowest BCUT2D eigenvalue weighted by Crippen LogP contribution is -2.55. The summed E-state index contributed by atoms with van der Waals surface area (Å²) < 4.78 is 19.7. The van der Waals surface area contributed by atoms with E-state index in [0.717, 1.165) is 12.8 Å². The molecule has 184 valence electrons. The number of rotatable bonds is 6. The predicted molar refractivity (Wildman–Crippen MR) is 125 cm³/mol. The van der Waals surface area contributed by atoms with Gasteiger partial charge in [0.05, 0.1) is 24.8 Å². The number of likely N-dealkylation sites (tertiary alicyclic amines) is 1. The fourth-order valence-electron chi connectivity index (χ4n) is 5.49. The van der Waals surface area contributed by atoms with Crippen LogP contribution in [-0.4, -0.2) is 65.0 Å². The predicted octanol–water partition coefficient (Wildman–Crippen LogP) is 2.63. The summed E-state index contributed by atoms with van der Waals surface area (Å²) >= 11 is 0. The second kappa shape index (κ2) is 9.73. The maximum absolute atomic E-state index is 14.0. The molecule has 0 spiro atoms. The number of pyridine rings is 1. The van der Waals surface area contributed by atoms with E-state index in [-0.39, 0.29) is 36.8 Å². The zero-order chi connectivity index (χ0) is 24.4. The summed E-state index contributed by atoms with van der Waals surface area (Å²) in [4.78, 5) is 47.2. The van der Waals surface area contributed by atoms with Gasteiger partial charge in [-0.25, -0.2) is 9.18 Å². The maximum Gasteiger partial charge on any atom is 0.325 e. The van der Waals surface area contributed by atoms with Gasteiger partial charge in [0.2, 0.25) is 5.91 Å². The van der Waals surface area contributed by atoms with Crippen molar-refractivity contribution in [3.8, 4) is 0 Å². The highest BCUT2D eigenvalue weighted by molar-refractivity contribution is 6.07. The molecule has 2 atom stereocenters. The number of carbonyl (C=O) groups excluding carboxylic acids is 3. The number of urea groups is 1. The van der Waals surface area contributed by atoms with Crippen molar-refractivity contribution in [3.63, 3.8) is 0 Å². The van der Waals surface area contributed by atoms with Gasteiger partial charge in [0.25, 0.3) is 5.91 Å². The Kier molecular flexibility index (Phi) is 6.51. The minimum absolute atomic E-state index is 0.00639. The van der Waals surface area contributed by atoms with Crippen LogP contribution in [0.25, 0.3) is 0 Å². The number of nitrogens with zero attached hydrogens (tertiary/aromatic N) is 3. The lowest BCUT2D eigenvalue weighted by molar-refractivity contribution is -0.137. The minimum atomic E-state index is -1.28. The van der Waals surface area contributed by atoms with Gasteiger partial charge in [-0.05, 0) is 49.4 Å². The summed E-state index contributed by atoms with van der Waals surface area (Å²) in [5.74, 6) is -1.09. The lowest BCUT2D eigenvalue weighted by atomic mass is 9.75. The van der Waals surface area contributed by atoms with Crippen LogP contribution in [0.1, 0.15) is 36.9 Å².